The summed E-state index contributed by atoms with van der Waals surface area (Å²) in [6, 6.07) is 7.46. The molecule has 0 bridgehead atoms. The maximum atomic E-state index is 12.2. The SMILES string of the molecule is NNC(CCCC(F)(F)F)C1CCOc2ccccc21. The monoisotopic (exact) mass is 288 g/mol. The van der Waals surface area contributed by atoms with E-state index >= 15 is 0 Å². The Labute approximate surface area is 116 Å². The van der Waals surface area contributed by atoms with Crippen LogP contribution in [0.25, 0.3) is 0 Å². The van der Waals surface area contributed by atoms with Crippen molar-refractivity contribution in [3.63, 3.8) is 0 Å². The van der Waals surface area contributed by atoms with Gasteiger partial charge in [-0.2, -0.15) is 13.2 Å². The van der Waals surface area contributed by atoms with Crippen LogP contribution in [0.4, 0.5) is 13.2 Å². The molecule has 3 N–H and O–H groups in total. The molecule has 0 saturated carbocycles. The van der Waals surface area contributed by atoms with Gasteiger partial charge < -0.3 is 4.74 Å². The summed E-state index contributed by atoms with van der Waals surface area (Å²) < 4.78 is 42.2. The Kier molecular flexibility index (Phi) is 4.88. The molecule has 3 nitrogen and oxygen atoms in total. The summed E-state index contributed by atoms with van der Waals surface area (Å²) in [5.74, 6) is 6.44. The van der Waals surface area contributed by atoms with Crippen LogP contribution >= 0.6 is 0 Å². The second kappa shape index (κ2) is 6.45. The molecule has 1 aromatic rings. The van der Waals surface area contributed by atoms with Gasteiger partial charge in [-0.25, -0.2) is 0 Å². The fraction of sp³-hybridized carbons (Fsp3) is 0.571. The van der Waals surface area contributed by atoms with Gasteiger partial charge in [0.05, 0.1) is 6.61 Å². The number of rotatable bonds is 5. The Balaban J connectivity index is 2.01. The van der Waals surface area contributed by atoms with Crippen molar-refractivity contribution in [2.45, 2.75) is 43.8 Å². The molecule has 1 aliphatic rings. The minimum absolute atomic E-state index is 0.0812. The third kappa shape index (κ3) is 3.86. The van der Waals surface area contributed by atoms with Crippen LogP contribution in [-0.2, 0) is 0 Å². The Hall–Kier alpha value is -1.27. The number of hydrogen-bond acceptors (Lipinski definition) is 3. The molecule has 0 radical (unpaired) electrons. The topological polar surface area (TPSA) is 47.3 Å². The molecule has 2 atom stereocenters. The number of hydrazine groups is 1. The lowest BCUT2D eigenvalue weighted by Crippen LogP contribution is -2.41. The van der Waals surface area contributed by atoms with Gasteiger partial charge in [0.1, 0.15) is 5.75 Å². The normalized spacial score (nSPS) is 20.1. The van der Waals surface area contributed by atoms with E-state index < -0.39 is 12.6 Å². The van der Waals surface area contributed by atoms with Crippen molar-refractivity contribution in [1.29, 1.82) is 0 Å². The zero-order valence-electron chi connectivity index (χ0n) is 11.1. The van der Waals surface area contributed by atoms with Crippen LogP contribution in [0.2, 0.25) is 0 Å². The molecular formula is C14H19F3N2O. The summed E-state index contributed by atoms with van der Waals surface area (Å²) >= 11 is 0. The van der Waals surface area contributed by atoms with Crippen molar-refractivity contribution in [3.05, 3.63) is 29.8 Å². The number of halogens is 3. The van der Waals surface area contributed by atoms with Gasteiger partial charge >= 0.3 is 6.18 Å². The van der Waals surface area contributed by atoms with Crippen LogP contribution in [0, 0.1) is 0 Å². The predicted molar refractivity (Wildman–Crippen MR) is 70.3 cm³/mol. The highest BCUT2D eigenvalue weighted by molar-refractivity contribution is 5.38. The molecule has 0 spiro atoms. The van der Waals surface area contributed by atoms with Crippen LogP contribution < -0.4 is 16.0 Å². The van der Waals surface area contributed by atoms with E-state index in [0.29, 0.717) is 13.0 Å². The third-order valence-electron chi connectivity index (χ3n) is 3.68. The first kappa shape index (κ1) is 15.1. The van der Waals surface area contributed by atoms with Crippen molar-refractivity contribution >= 4 is 0 Å². The Morgan fingerprint density at radius 2 is 2.10 bits per heavy atom. The van der Waals surface area contributed by atoms with E-state index in [2.05, 4.69) is 5.43 Å². The molecule has 2 unspecified atom stereocenters. The molecule has 2 rings (SSSR count). The molecule has 0 aliphatic carbocycles. The number of nitrogens with one attached hydrogen (secondary N) is 1. The first-order valence-electron chi connectivity index (χ1n) is 6.76. The fourth-order valence-electron chi connectivity index (χ4n) is 2.71. The van der Waals surface area contributed by atoms with Crippen molar-refractivity contribution in [2.24, 2.45) is 5.84 Å². The lowest BCUT2D eigenvalue weighted by atomic mass is 9.84. The Bertz CT molecular complexity index is 437. The quantitative estimate of drug-likeness (QED) is 0.646. The van der Waals surface area contributed by atoms with E-state index in [1.54, 1.807) is 0 Å². The predicted octanol–water partition coefficient (Wildman–Crippen LogP) is 3.12. The fourth-order valence-corrected chi connectivity index (χ4v) is 2.71. The molecule has 112 valence electrons. The van der Waals surface area contributed by atoms with Crippen LogP contribution in [0.5, 0.6) is 5.75 Å². The summed E-state index contributed by atoms with van der Waals surface area (Å²) in [5, 5.41) is 0. The van der Waals surface area contributed by atoms with Crippen molar-refractivity contribution < 1.29 is 17.9 Å². The van der Waals surface area contributed by atoms with Gasteiger partial charge in [0.15, 0.2) is 0 Å². The van der Waals surface area contributed by atoms with Crippen LogP contribution in [0.1, 0.15) is 37.2 Å². The van der Waals surface area contributed by atoms with E-state index in [4.69, 9.17) is 10.6 Å². The average Bonchev–Trinajstić information content (AvgIpc) is 2.42. The Morgan fingerprint density at radius 1 is 1.35 bits per heavy atom. The number of ether oxygens (including phenoxy) is 1. The molecule has 0 fully saturated rings. The first-order valence-corrected chi connectivity index (χ1v) is 6.76. The summed E-state index contributed by atoms with van der Waals surface area (Å²) in [6.45, 7) is 0.569. The van der Waals surface area contributed by atoms with Crippen molar-refractivity contribution in [2.75, 3.05) is 6.61 Å². The smallest absolute Gasteiger partial charge is 0.389 e. The minimum atomic E-state index is -4.10. The lowest BCUT2D eigenvalue weighted by molar-refractivity contribution is -0.135. The zero-order chi connectivity index (χ0) is 14.6. The number of benzene rings is 1. The lowest BCUT2D eigenvalue weighted by Gasteiger charge is -2.32. The van der Waals surface area contributed by atoms with Gasteiger partial charge in [-0.3, -0.25) is 11.3 Å². The van der Waals surface area contributed by atoms with Crippen molar-refractivity contribution in [1.82, 2.24) is 5.43 Å². The molecule has 6 heteroatoms. The highest BCUT2D eigenvalue weighted by Crippen LogP contribution is 2.37. The highest BCUT2D eigenvalue weighted by atomic mass is 19.4. The van der Waals surface area contributed by atoms with E-state index in [9.17, 15) is 13.2 Å². The van der Waals surface area contributed by atoms with Crippen molar-refractivity contribution in [3.8, 4) is 5.75 Å². The molecule has 0 aromatic heterocycles. The van der Waals surface area contributed by atoms with Gasteiger partial charge in [0.25, 0.3) is 0 Å². The van der Waals surface area contributed by atoms with E-state index in [1.165, 1.54) is 0 Å². The highest BCUT2D eigenvalue weighted by Gasteiger charge is 2.30. The Morgan fingerprint density at radius 3 is 2.80 bits per heavy atom. The summed E-state index contributed by atoms with van der Waals surface area (Å²) in [7, 11) is 0. The maximum absolute atomic E-state index is 12.2. The average molecular weight is 288 g/mol. The van der Waals surface area contributed by atoms with Gasteiger partial charge in [-0.05, 0) is 30.9 Å². The van der Waals surface area contributed by atoms with Crippen LogP contribution in [0.15, 0.2) is 24.3 Å². The maximum Gasteiger partial charge on any atom is 0.389 e. The van der Waals surface area contributed by atoms with Crippen LogP contribution in [0.3, 0.4) is 0 Å². The number of nitrogens with two attached hydrogens (primary N) is 1. The van der Waals surface area contributed by atoms with Gasteiger partial charge in [-0.15, -0.1) is 0 Å². The summed E-state index contributed by atoms with van der Waals surface area (Å²) in [4.78, 5) is 0. The van der Waals surface area contributed by atoms with E-state index in [-0.39, 0.29) is 18.4 Å². The molecule has 20 heavy (non-hydrogen) atoms. The van der Waals surface area contributed by atoms with Crippen LogP contribution in [-0.4, -0.2) is 18.8 Å². The summed E-state index contributed by atoms with van der Waals surface area (Å²) in [6.07, 6.45) is -3.63. The molecule has 0 saturated heterocycles. The third-order valence-corrected chi connectivity index (χ3v) is 3.68. The molecule has 0 amide bonds. The number of alkyl halides is 3. The second-order valence-corrected chi connectivity index (χ2v) is 5.06. The molecular weight excluding hydrogens is 269 g/mol. The second-order valence-electron chi connectivity index (χ2n) is 5.06. The molecule has 1 aromatic carbocycles. The standard InChI is InChI=1S/C14H19F3N2O/c15-14(16,17)8-3-5-12(19-18)10-7-9-20-13-6-2-1-4-11(10)13/h1-2,4,6,10,12,19H,3,5,7-9,18H2. The largest absolute Gasteiger partial charge is 0.493 e. The van der Waals surface area contributed by atoms with E-state index in [0.717, 1.165) is 17.7 Å². The molecule has 1 aliphatic heterocycles. The summed E-state index contributed by atoms with van der Waals surface area (Å²) in [5.41, 5.74) is 3.70. The zero-order valence-corrected chi connectivity index (χ0v) is 11.1. The van der Waals surface area contributed by atoms with E-state index in [1.807, 2.05) is 24.3 Å². The molecule has 1 heterocycles. The minimum Gasteiger partial charge on any atom is -0.493 e. The number of fused-ring (bicyclic) bond motifs is 1. The first-order chi connectivity index (χ1) is 9.51. The van der Waals surface area contributed by atoms with Gasteiger partial charge in [-0.1, -0.05) is 18.2 Å². The van der Waals surface area contributed by atoms with Gasteiger partial charge in [0.2, 0.25) is 0 Å². The van der Waals surface area contributed by atoms with Gasteiger partial charge in [0, 0.05) is 18.4 Å². The number of para-hydroxylation sites is 1. The number of hydrogen-bond donors (Lipinski definition) is 2.